The highest BCUT2D eigenvalue weighted by Gasteiger charge is 2.46. The number of fused-ring (bicyclic) bond motifs is 1. The lowest BCUT2D eigenvalue weighted by Gasteiger charge is -2.35. The van der Waals surface area contributed by atoms with Crippen molar-refractivity contribution in [1.29, 1.82) is 0 Å². The Labute approximate surface area is 104 Å². The van der Waals surface area contributed by atoms with Gasteiger partial charge in [-0.25, -0.2) is 0 Å². The standard InChI is InChI=1S/C13H19NO.ClH/c1-12(2)8-9-7-10(15-4)5-6-11(9)13(12,3)14;/h5-7H,8,14H2,1-4H3;1H. The van der Waals surface area contributed by atoms with Gasteiger partial charge in [-0.2, -0.15) is 0 Å². The molecule has 0 aromatic heterocycles. The lowest BCUT2D eigenvalue weighted by atomic mass is 9.75. The number of hydrogen-bond donors (Lipinski definition) is 1. The summed E-state index contributed by atoms with van der Waals surface area (Å²) in [4.78, 5) is 0. The second-order valence-corrected chi connectivity index (χ2v) is 5.29. The van der Waals surface area contributed by atoms with Crippen molar-refractivity contribution < 1.29 is 4.74 Å². The van der Waals surface area contributed by atoms with Crippen molar-refractivity contribution in [2.45, 2.75) is 32.7 Å². The molecule has 90 valence electrons. The minimum Gasteiger partial charge on any atom is -0.497 e. The number of nitrogens with two attached hydrogens (primary N) is 1. The topological polar surface area (TPSA) is 35.2 Å². The van der Waals surface area contributed by atoms with Crippen LogP contribution in [0.25, 0.3) is 0 Å². The van der Waals surface area contributed by atoms with Crippen LogP contribution in [-0.2, 0) is 12.0 Å². The smallest absolute Gasteiger partial charge is 0.119 e. The molecule has 0 bridgehead atoms. The highest BCUT2D eigenvalue weighted by Crippen LogP contribution is 2.48. The molecule has 3 heteroatoms. The van der Waals surface area contributed by atoms with Crippen LogP contribution in [0.2, 0.25) is 0 Å². The normalized spacial score (nSPS) is 25.8. The van der Waals surface area contributed by atoms with Crippen LogP contribution in [0.3, 0.4) is 0 Å². The summed E-state index contributed by atoms with van der Waals surface area (Å²) in [5.41, 5.74) is 8.87. The van der Waals surface area contributed by atoms with E-state index in [0.717, 1.165) is 12.2 Å². The van der Waals surface area contributed by atoms with Gasteiger partial charge in [0.15, 0.2) is 0 Å². The molecule has 1 unspecified atom stereocenters. The van der Waals surface area contributed by atoms with Crippen molar-refractivity contribution in [3.8, 4) is 5.75 Å². The third-order valence-electron chi connectivity index (χ3n) is 3.91. The minimum atomic E-state index is -0.241. The Hall–Kier alpha value is -0.730. The highest BCUT2D eigenvalue weighted by molar-refractivity contribution is 5.85. The van der Waals surface area contributed by atoms with Crippen molar-refractivity contribution in [2.75, 3.05) is 7.11 Å². The van der Waals surface area contributed by atoms with Crippen LogP contribution < -0.4 is 10.5 Å². The maximum Gasteiger partial charge on any atom is 0.119 e. The molecule has 1 aliphatic carbocycles. The summed E-state index contributed by atoms with van der Waals surface area (Å²) in [7, 11) is 1.70. The van der Waals surface area contributed by atoms with Crippen LogP contribution in [0, 0.1) is 5.41 Å². The lowest BCUT2D eigenvalue weighted by Crippen LogP contribution is -2.43. The average molecular weight is 242 g/mol. The average Bonchev–Trinajstić information content (AvgIpc) is 2.33. The largest absolute Gasteiger partial charge is 0.497 e. The van der Waals surface area contributed by atoms with Crippen LogP contribution in [-0.4, -0.2) is 7.11 Å². The molecule has 0 aliphatic heterocycles. The molecule has 2 nitrogen and oxygen atoms in total. The molecule has 2 N–H and O–H groups in total. The number of halogens is 1. The number of benzene rings is 1. The predicted molar refractivity (Wildman–Crippen MR) is 69.3 cm³/mol. The third-order valence-corrected chi connectivity index (χ3v) is 3.91. The summed E-state index contributed by atoms with van der Waals surface area (Å²) in [5.74, 6) is 0.919. The second-order valence-electron chi connectivity index (χ2n) is 5.29. The molecule has 0 heterocycles. The molecule has 1 atom stereocenters. The van der Waals surface area contributed by atoms with Gasteiger partial charge < -0.3 is 10.5 Å². The van der Waals surface area contributed by atoms with Crippen LogP contribution >= 0.6 is 12.4 Å². The molecule has 0 saturated carbocycles. The summed E-state index contributed by atoms with van der Waals surface area (Å²) in [5, 5.41) is 0. The maximum absolute atomic E-state index is 6.42. The number of ether oxygens (including phenoxy) is 1. The Bertz CT molecular complexity index is 399. The molecule has 0 spiro atoms. The Morgan fingerprint density at radius 3 is 2.44 bits per heavy atom. The molecule has 0 radical (unpaired) electrons. The Kier molecular flexibility index (Phi) is 3.28. The van der Waals surface area contributed by atoms with E-state index in [2.05, 4.69) is 32.9 Å². The minimum absolute atomic E-state index is 0. The SMILES string of the molecule is COc1ccc2c(c1)CC(C)(C)C2(C)N.Cl. The first-order chi connectivity index (χ1) is 6.88. The van der Waals surface area contributed by atoms with E-state index in [1.54, 1.807) is 7.11 Å². The van der Waals surface area contributed by atoms with Crippen LogP contribution in [0.4, 0.5) is 0 Å². The van der Waals surface area contributed by atoms with Crippen LogP contribution in [0.15, 0.2) is 18.2 Å². The van der Waals surface area contributed by atoms with Gasteiger partial charge in [-0.3, -0.25) is 0 Å². The molecule has 1 aromatic rings. The summed E-state index contributed by atoms with van der Waals surface area (Å²) in [6.45, 7) is 6.56. The number of hydrogen-bond acceptors (Lipinski definition) is 2. The van der Waals surface area contributed by atoms with Gasteiger partial charge in [-0.05, 0) is 42.0 Å². The van der Waals surface area contributed by atoms with Crippen molar-refractivity contribution in [3.63, 3.8) is 0 Å². The zero-order valence-corrected chi connectivity index (χ0v) is 11.1. The zero-order valence-electron chi connectivity index (χ0n) is 10.3. The van der Waals surface area contributed by atoms with E-state index in [9.17, 15) is 0 Å². The van der Waals surface area contributed by atoms with E-state index in [-0.39, 0.29) is 23.4 Å². The maximum atomic E-state index is 6.42. The van der Waals surface area contributed by atoms with Gasteiger partial charge in [0.1, 0.15) is 5.75 Å². The zero-order chi connectivity index (χ0) is 11.3. The van der Waals surface area contributed by atoms with Gasteiger partial charge in [0.2, 0.25) is 0 Å². The van der Waals surface area contributed by atoms with Gasteiger partial charge in [0.05, 0.1) is 7.11 Å². The van der Waals surface area contributed by atoms with Crippen LogP contribution in [0.5, 0.6) is 5.75 Å². The van der Waals surface area contributed by atoms with E-state index < -0.39 is 0 Å². The Morgan fingerprint density at radius 1 is 1.25 bits per heavy atom. The van der Waals surface area contributed by atoms with Crippen molar-refractivity contribution in [3.05, 3.63) is 29.3 Å². The van der Waals surface area contributed by atoms with Gasteiger partial charge >= 0.3 is 0 Å². The number of rotatable bonds is 1. The molecule has 2 rings (SSSR count). The molecule has 0 fully saturated rings. The first-order valence-electron chi connectivity index (χ1n) is 5.35. The van der Waals surface area contributed by atoms with E-state index in [1.807, 2.05) is 6.07 Å². The van der Waals surface area contributed by atoms with Gasteiger partial charge in [-0.15, -0.1) is 12.4 Å². The monoisotopic (exact) mass is 241 g/mol. The molecule has 0 amide bonds. The highest BCUT2D eigenvalue weighted by atomic mass is 35.5. The molecule has 1 aromatic carbocycles. The second kappa shape index (κ2) is 3.94. The van der Waals surface area contributed by atoms with Crippen LogP contribution in [0.1, 0.15) is 31.9 Å². The van der Waals surface area contributed by atoms with E-state index in [4.69, 9.17) is 10.5 Å². The fourth-order valence-electron chi connectivity index (χ4n) is 2.37. The molecular weight excluding hydrogens is 222 g/mol. The quantitative estimate of drug-likeness (QED) is 0.821. The van der Waals surface area contributed by atoms with Crippen molar-refractivity contribution in [2.24, 2.45) is 11.1 Å². The fourth-order valence-corrected chi connectivity index (χ4v) is 2.37. The lowest BCUT2D eigenvalue weighted by molar-refractivity contribution is 0.211. The fraction of sp³-hybridized carbons (Fsp3) is 0.538. The Morgan fingerprint density at radius 2 is 1.88 bits per heavy atom. The molecular formula is C13H20ClNO. The first kappa shape index (κ1) is 13.3. The summed E-state index contributed by atoms with van der Waals surface area (Å²) in [6, 6.07) is 6.20. The van der Waals surface area contributed by atoms with Crippen molar-refractivity contribution in [1.82, 2.24) is 0 Å². The number of methoxy groups -OCH3 is 1. The molecule has 16 heavy (non-hydrogen) atoms. The Balaban J connectivity index is 0.00000128. The van der Waals surface area contributed by atoms with Gasteiger partial charge in [0, 0.05) is 5.54 Å². The summed E-state index contributed by atoms with van der Waals surface area (Å²) < 4.78 is 5.23. The molecule has 1 aliphatic rings. The third kappa shape index (κ3) is 1.70. The summed E-state index contributed by atoms with van der Waals surface area (Å²) >= 11 is 0. The summed E-state index contributed by atoms with van der Waals surface area (Å²) in [6.07, 6.45) is 1.02. The van der Waals surface area contributed by atoms with E-state index in [1.165, 1.54) is 11.1 Å². The first-order valence-corrected chi connectivity index (χ1v) is 5.35. The van der Waals surface area contributed by atoms with E-state index in [0.29, 0.717) is 0 Å². The van der Waals surface area contributed by atoms with Gasteiger partial charge in [-0.1, -0.05) is 19.9 Å². The van der Waals surface area contributed by atoms with Gasteiger partial charge in [0.25, 0.3) is 0 Å². The molecule has 0 saturated heterocycles. The predicted octanol–water partition coefficient (Wildman–Crippen LogP) is 2.87. The van der Waals surface area contributed by atoms with E-state index >= 15 is 0 Å². The van der Waals surface area contributed by atoms with Crippen molar-refractivity contribution >= 4 is 12.4 Å².